The minimum absolute atomic E-state index is 0.00197. The van der Waals surface area contributed by atoms with Crippen LogP contribution in [-0.2, 0) is 9.53 Å². The zero-order valence-corrected chi connectivity index (χ0v) is 21.4. The maximum absolute atomic E-state index is 13.7. The first-order valence-corrected chi connectivity index (χ1v) is 12.5. The Morgan fingerprint density at radius 3 is 2.57 bits per heavy atom. The number of hydrogen-bond acceptors (Lipinski definition) is 6. The van der Waals surface area contributed by atoms with E-state index in [2.05, 4.69) is 15.9 Å². The van der Waals surface area contributed by atoms with Crippen molar-refractivity contribution in [2.24, 2.45) is 0 Å². The van der Waals surface area contributed by atoms with Crippen LogP contribution in [0.2, 0.25) is 0 Å². The highest BCUT2D eigenvalue weighted by Gasteiger charge is 2.45. The molecule has 8 heteroatoms. The first-order chi connectivity index (χ1) is 17.9. The Morgan fingerprint density at radius 1 is 1.03 bits per heavy atom. The zero-order chi connectivity index (χ0) is 26.1. The van der Waals surface area contributed by atoms with Crippen LogP contribution in [0.1, 0.15) is 45.9 Å². The van der Waals surface area contributed by atoms with Crippen LogP contribution in [-0.4, -0.2) is 29.4 Å². The van der Waals surface area contributed by atoms with Crippen LogP contribution < -0.4 is 4.90 Å². The summed E-state index contributed by atoms with van der Waals surface area (Å²) in [6, 6.07) is 21.3. The fourth-order valence-electron chi connectivity index (χ4n) is 4.37. The molecule has 3 aromatic carbocycles. The number of halogens is 1. The number of esters is 1. The molecule has 37 heavy (non-hydrogen) atoms. The summed E-state index contributed by atoms with van der Waals surface area (Å²) < 4.78 is 11.8. The largest absolute Gasteiger partial charge is 0.503 e. The summed E-state index contributed by atoms with van der Waals surface area (Å²) in [5, 5.41) is 11.7. The molecule has 0 saturated heterocycles. The summed E-state index contributed by atoms with van der Waals surface area (Å²) in [5.74, 6) is -2.54. The number of carbonyl (C=O) groups excluding carboxylic acids is 3. The average Bonchev–Trinajstić information content (AvgIpc) is 3.45. The molecule has 186 valence electrons. The molecular weight excluding hydrogens is 538 g/mol. The van der Waals surface area contributed by atoms with E-state index in [-0.39, 0.29) is 23.5 Å². The number of hydrogen-bond donors (Lipinski definition) is 1. The van der Waals surface area contributed by atoms with Gasteiger partial charge in [0, 0.05) is 15.5 Å². The molecule has 0 radical (unpaired) electrons. The second-order valence-corrected chi connectivity index (χ2v) is 9.47. The van der Waals surface area contributed by atoms with E-state index in [0.29, 0.717) is 28.6 Å². The van der Waals surface area contributed by atoms with Gasteiger partial charge in [0.25, 0.3) is 5.91 Å². The standard InChI is InChI=1S/C29H22BrNO6/c1-2-13-36-29(35)18-9-6-10-21(15-18)31-25(17-7-4-3-5-8-17)24(27(33)28(31)34)26(32)23-16-19-14-20(30)11-12-22(19)37-23/h3-12,14-16,25,33H,2,13H2,1H3. The van der Waals surface area contributed by atoms with Gasteiger partial charge in [-0.2, -0.15) is 0 Å². The monoisotopic (exact) mass is 559 g/mol. The Hall–Kier alpha value is -4.17. The molecule has 1 unspecified atom stereocenters. The number of carbonyl (C=O) groups is 3. The number of anilines is 1. The van der Waals surface area contributed by atoms with Gasteiger partial charge in [0.2, 0.25) is 5.78 Å². The molecule has 7 nitrogen and oxygen atoms in total. The molecule has 1 N–H and O–H groups in total. The van der Waals surface area contributed by atoms with Gasteiger partial charge in [0.15, 0.2) is 11.5 Å². The lowest BCUT2D eigenvalue weighted by molar-refractivity contribution is -0.117. The SMILES string of the molecule is CCCOC(=O)c1cccc(N2C(=O)C(O)=C(C(=O)c3cc4cc(Br)ccc4o3)C2c2ccccc2)c1. The molecule has 0 saturated carbocycles. The molecule has 0 bridgehead atoms. The van der Waals surface area contributed by atoms with Gasteiger partial charge in [-0.15, -0.1) is 0 Å². The fourth-order valence-corrected chi connectivity index (χ4v) is 4.75. The predicted molar refractivity (Wildman–Crippen MR) is 142 cm³/mol. The van der Waals surface area contributed by atoms with Gasteiger partial charge >= 0.3 is 5.97 Å². The maximum atomic E-state index is 13.7. The second-order valence-electron chi connectivity index (χ2n) is 8.56. The number of fused-ring (bicyclic) bond motifs is 1. The Morgan fingerprint density at radius 2 is 1.81 bits per heavy atom. The molecule has 5 rings (SSSR count). The van der Waals surface area contributed by atoms with E-state index in [4.69, 9.17) is 9.15 Å². The molecule has 1 aliphatic heterocycles. The average molecular weight is 560 g/mol. The highest BCUT2D eigenvalue weighted by atomic mass is 79.9. The molecule has 1 aliphatic rings. The number of Topliss-reactive ketones (excluding diaryl/α,β-unsaturated/α-hetero) is 1. The van der Waals surface area contributed by atoms with Crippen molar-refractivity contribution in [2.45, 2.75) is 19.4 Å². The Labute approximate surface area is 221 Å². The van der Waals surface area contributed by atoms with E-state index >= 15 is 0 Å². The van der Waals surface area contributed by atoms with Crippen molar-refractivity contribution in [3.63, 3.8) is 0 Å². The van der Waals surface area contributed by atoms with Crippen molar-refractivity contribution in [3.05, 3.63) is 112 Å². The lowest BCUT2D eigenvalue weighted by atomic mass is 9.94. The van der Waals surface area contributed by atoms with Crippen LogP contribution in [0.15, 0.2) is 99.1 Å². The number of nitrogens with zero attached hydrogens (tertiary/aromatic N) is 1. The smallest absolute Gasteiger partial charge is 0.338 e. The fraction of sp³-hybridized carbons (Fsp3) is 0.138. The molecule has 0 aliphatic carbocycles. The van der Waals surface area contributed by atoms with Crippen molar-refractivity contribution in [1.82, 2.24) is 0 Å². The van der Waals surface area contributed by atoms with E-state index in [1.807, 2.05) is 19.1 Å². The van der Waals surface area contributed by atoms with E-state index in [0.717, 1.165) is 4.47 Å². The quantitative estimate of drug-likeness (QED) is 0.204. The van der Waals surface area contributed by atoms with Crippen LogP contribution in [0.4, 0.5) is 5.69 Å². The maximum Gasteiger partial charge on any atom is 0.338 e. The third-order valence-electron chi connectivity index (χ3n) is 6.07. The summed E-state index contributed by atoms with van der Waals surface area (Å²) in [7, 11) is 0. The number of aliphatic hydroxyl groups excluding tert-OH is 1. The molecule has 0 spiro atoms. The number of benzene rings is 3. The first-order valence-electron chi connectivity index (χ1n) is 11.7. The number of ketones is 1. The second kappa shape index (κ2) is 10.1. The van der Waals surface area contributed by atoms with E-state index in [1.54, 1.807) is 60.7 Å². The van der Waals surface area contributed by atoms with Gasteiger partial charge in [-0.05, 0) is 54.4 Å². The zero-order valence-electron chi connectivity index (χ0n) is 19.8. The van der Waals surface area contributed by atoms with Gasteiger partial charge in [0.05, 0.1) is 23.8 Å². The van der Waals surface area contributed by atoms with Gasteiger partial charge in [-0.3, -0.25) is 14.5 Å². The lowest BCUT2D eigenvalue weighted by Gasteiger charge is -2.27. The Balaban J connectivity index is 1.59. The van der Waals surface area contributed by atoms with Gasteiger partial charge in [-0.1, -0.05) is 59.3 Å². The van der Waals surface area contributed by atoms with Crippen molar-refractivity contribution >= 4 is 50.2 Å². The lowest BCUT2D eigenvalue weighted by Crippen LogP contribution is -2.31. The van der Waals surface area contributed by atoms with Gasteiger partial charge in [-0.25, -0.2) is 4.79 Å². The molecule has 0 fully saturated rings. The van der Waals surface area contributed by atoms with Crippen LogP contribution in [0, 0.1) is 0 Å². The number of amides is 1. The molecule has 2 heterocycles. The summed E-state index contributed by atoms with van der Waals surface area (Å²) in [4.78, 5) is 40.9. The van der Waals surface area contributed by atoms with Crippen LogP contribution in [0.5, 0.6) is 0 Å². The topological polar surface area (TPSA) is 97.0 Å². The minimum Gasteiger partial charge on any atom is -0.503 e. The van der Waals surface area contributed by atoms with Crippen molar-refractivity contribution < 1.29 is 28.6 Å². The van der Waals surface area contributed by atoms with Crippen molar-refractivity contribution in [1.29, 1.82) is 0 Å². The Bertz CT molecular complexity index is 1560. The summed E-state index contributed by atoms with van der Waals surface area (Å²) in [6.07, 6.45) is 0.675. The van der Waals surface area contributed by atoms with Crippen LogP contribution in [0.25, 0.3) is 11.0 Å². The molecule has 1 aromatic heterocycles. The minimum atomic E-state index is -0.942. The Kier molecular flexibility index (Phi) is 6.67. The van der Waals surface area contributed by atoms with Gasteiger partial charge < -0.3 is 14.3 Å². The van der Waals surface area contributed by atoms with E-state index in [9.17, 15) is 19.5 Å². The predicted octanol–water partition coefficient (Wildman–Crippen LogP) is 6.55. The highest BCUT2D eigenvalue weighted by molar-refractivity contribution is 9.10. The normalized spacial score (nSPS) is 15.5. The molecule has 1 atom stereocenters. The summed E-state index contributed by atoms with van der Waals surface area (Å²) >= 11 is 3.41. The summed E-state index contributed by atoms with van der Waals surface area (Å²) in [6.45, 7) is 2.16. The van der Waals surface area contributed by atoms with Crippen molar-refractivity contribution in [3.8, 4) is 0 Å². The number of ether oxygens (including phenoxy) is 1. The van der Waals surface area contributed by atoms with Gasteiger partial charge in [0.1, 0.15) is 5.58 Å². The van der Waals surface area contributed by atoms with E-state index < -0.39 is 29.5 Å². The number of rotatable bonds is 7. The molecular formula is C29H22BrNO6. The third kappa shape index (κ3) is 4.56. The van der Waals surface area contributed by atoms with Crippen LogP contribution >= 0.6 is 15.9 Å². The van der Waals surface area contributed by atoms with Crippen molar-refractivity contribution in [2.75, 3.05) is 11.5 Å². The summed E-state index contributed by atoms with van der Waals surface area (Å²) in [5.41, 5.74) is 1.61. The third-order valence-corrected chi connectivity index (χ3v) is 6.56. The van der Waals surface area contributed by atoms with Crippen LogP contribution in [0.3, 0.4) is 0 Å². The first kappa shape index (κ1) is 24.5. The molecule has 1 amide bonds. The van der Waals surface area contributed by atoms with E-state index in [1.165, 1.54) is 11.0 Å². The number of aliphatic hydroxyl groups is 1. The highest BCUT2D eigenvalue weighted by Crippen LogP contribution is 2.42. The molecule has 4 aromatic rings. The number of furan rings is 1.